The first-order valence-electron chi connectivity index (χ1n) is 6.36. The molecule has 3 nitrogen and oxygen atoms in total. The largest absolute Gasteiger partial charge is 0.306 e. The molecule has 0 spiro atoms. The van der Waals surface area contributed by atoms with Crippen molar-refractivity contribution in [1.82, 2.24) is 15.1 Å². The van der Waals surface area contributed by atoms with Crippen molar-refractivity contribution in [1.29, 1.82) is 0 Å². The van der Waals surface area contributed by atoms with Crippen molar-refractivity contribution in [2.75, 3.05) is 0 Å². The topological polar surface area (TPSA) is 29.9 Å². The number of hydrogen-bond donors (Lipinski definition) is 1. The predicted molar refractivity (Wildman–Crippen MR) is 74.4 cm³/mol. The van der Waals surface area contributed by atoms with Gasteiger partial charge in [-0.2, -0.15) is 5.10 Å². The minimum atomic E-state index is 0.353. The Morgan fingerprint density at radius 2 is 2.00 bits per heavy atom. The number of benzene rings is 1. The molecule has 3 heteroatoms. The summed E-state index contributed by atoms with van der Waals surface area (Å²) in [6, 6.07) is 8.87. The van der Waals surface area contributed by atoms with Gasteiger partial charge < -0.3 is 5.32 Å². The lowest BCUT2D eigenvalue weighted by Crippen LogP contribution is -2.19. The second kappa shape index (κ2) is 5.36. The summed E-state index contributed by atoms with van der Waals surface area (Å²) in [5, 5.41) is 7.82. The van der Waals surface area contributed by atoms with Crippen LogP contribution in [0.3, 0.4) is 0 Å². The Hall–Kier alpha value is -1.61. The molecular weight excluding hydrogens is 222 g/mol. The van der Waals surface area contributed by atoms with Crippen LogP contribution in [0.15, 0.2) is 30.5 Å². The van der Waals surface area contributed by atoms with Crippen LogP contribution in [0, 0.1) is 13.8 Å². The van der Waals surface area contributed by atoms with Crippen molar-refractivity contribution in [3.63, 3.8) is 0 Å². The molecule has 2 rings (SSSR count). The van der Waals surface area contributed by atoms with Gasteiger partial charge in [-0.1, -0.05) is 24.3 Å². The van der Waals surface area contributed by atoms with Gasteiger partial charge in [-0.3, -0.25) is 4.68 Å². The highest BCUT2D eigenvalue weighted by Crippen LogP contribution is 2.17. The third-order valence-corrected chi connectivity index (χ3v) is 3.59. The Balaban J connectivity index is 2.03. The van der Waals surface area contributed by atoms with Gasteiger partial charge in [0.15, 0.2) is 0 Å². The number of aromatic nitrogens is 2. The second-order valence-corrected chi connectivity index (χ2v) is 4.84. The molecule has 0 fully saturated rings. The Bertz CT molecular complexity index is 528. The molecule has 18 heavy (non-hydrogen) atoms. The van der Waals surface area contributed by atoms with Gasteiger partial charge in [-0.05, 0) is 31.9 Å². The fraction of sp³-hybridized carbons (Fsp3) is 0.400. The van der Waals surface area contributed by atoms with Gasteiger partial charge in [0, 0.05) is 30.9 Å². The molecule has 0 amide bonds. The molecule has 1 N–H and O–H groups in total. The van der Waals surface area contributed by atoms with E-state index < -0.39 is 0 Å². The predicted octanol–water partition coefficient (Wildman–Crippen LogP) is 2.89. The van der Waals surface area contributed by atoms with Crippen molar-refractivity contribution in [3.05, 3.63) is 52.8 Å². The van der Waals surface area contributed by atoms with Crippen LogP contribution in [0.5, 0.6) is 0 Å². The van der Waals surface area contributed by atoms with Crippen molar-refractivity contribution in [3.8, 4) is 0 Å². The van der Waals surface area contributed by atoms with E-state index in [-0.39, 0.29) is 0 Å². The maximum atomic E-state index is 4.26. The molecule has 0 aliphatic carbocycles. The molecule has 1 heterocycles. The second-order valence-electron chi connectivity index (χ2n) is 4.84. The Morgan fingerprint density at radius 3 is 2.61 bits per heavy atom. The Labute approximate surface area is 109 Å². The van der Waals surface area contributed by atoms with Gasteiger partial charge in [0.1, 0.15) is 0 Å². The van der Waals surface area contributed by atoms with Crippen LogP contribution in [-0.4, -0.2) is 9.78 Å². The van der Waals surface area contributed by atoms with Gasteiger partial charge >= 0.3 is 0 Å². The van der Waals surface area contributed by atoms with E-state index in [1.165, 1.54) is 22.4 Å². The van der Waals surface area contributed by atoms with E-state index >= 15 is 0 Å². The Kier molecular flexibility index (Phi) is 3.82. The van der Waals surface area contributed by atoms with Gasteiger partial charge in [0.05, 0.1) is 6.20 Å². The third-order valence-electron chi connectivity index (χ3n) is 3.59. The number of hydrogen-bond acceptors (Lipinski definition) is 2. The number of aryl methyl sites for hydroxylation is 2. The summed E-state index contributed by atoms with van der Waals surface area (Å²) < 4.78 is 1.91. The van der Waals surface area contributed by atoms with E-state index in [1.54, 1.807) is 0 Å². The van der Waals surface area contributed by atoms with Crippen LogP contribution in [0.2, 0.25) is 0 Å². The molecule has 1 unspecified atom stereocenters. The van der Waals surface area contributed by atoms with Crippen LogP contribution in [0.4, 0.5) is 0 Å². The van der Waals surface area contributed by atoms with Crippen molar-refractivity contribution in [2.45, 2.75) is 33.4 Å². The molecule has 0 bridgehead atoms. The smallest absolute Gasteiger partial charge is 0.0537 e. The fourth-order valence-electron chi connectivity index (χ4n) is 2.16. The lowest BCUT2D eigenvalue weighted by Gasteiger charge is -2.16. The summed E-state index contributed by atoms with van der Waals surface area (Å²) in [6.07, 6.45) is 1.94. The lowest BCUT2D eigenvalue weighted by molar-refractivity contribution is 0.570. The van der Waals surface area contributed by atoms with Crippen LogP contribution < -0.4 is 5.32 Å². The van der Waals surface area contributed by atoms with Crippen LogP contribution in [-0.2, 0) is 13.6 Å². The van der Waals surface area contributed by atoms with E-state index in [2.05, 4.69) is 55.5 Å². The highest BCUT2D eigenvalue weighted by molar-refractivity contribution is 5.28. The molecule has 1 aromatic carbocycles. The van der Waals surface area contributed by atoms with Gasteiger partial charge in [-0.25, -0.2) is 0 Å². The molecule has 0 saturated heterocycles. The van der Waals surface area contributed by atoms with Gasteiger partial charge in [0.25, 0.3) is 0 Å². The first-order valence-corrected chi connectivity index (χ1v) is 6.36. The minimum absolute atomic E-state index is 0.353. The van der Waals surface area contributed by atoms with E-state index in [0.717, 1.165) is 6.54 Å². The van der Waals surface area contributed by atoms with Crippen LogP contribution in [0.1, 0.15) is 35.3 Å². The lowest BCUT2D eigenvalue weighted by atomic mass is 10.0. The first-order chi connectivity index (χ1) is 8.59. The molecule has 0 aliphatic rings. The van der Waals surface area contributed by atoms with Crippen molar-refractivity contribution >= 4 is 0 Å². The molecule has 0 aliphatic heterocycles. The standard InChI is InChI=1S/C15H21N3/c1-11-7-5-6-8-15(11)12(2)16-9-14-10-17-18(4)13(14)3/h5-8,10,12,16H,9H2,1-4H3. The summed E-state index contributed by atoms with van der Waals surface area (Å²) in [5.74, 6) is 0. The summed E-state index contributed by atoms with van der Waals surface area (Å²) in [7, 11) is 1.98. The maximum Gasteiger partial charge on any atom is 0.0537 e. The summed E-state index contributed by atoms with van der Waals surface area (Å²) in [6.45, 7) is 7.31. The average molecular weight is 243 g/mol. The molecule has 1 aromatic heterocycles. The number of rotatable bonds is 4. The maximum absolute atomic E-state index is 4.26. The quantitative estimate of drug-likeness (QED) is 0.895. The Morgan fingerprint density at radius 1 is 1.28 bits per heavy atom. The molecular formula is C15H21N3. The first kappa shape index (κ1) is 12.8. The highest BCUT2D eigenvalue weighted by Gasteiger charge is 2.09. The molecule has 0 radical (unpaired) electrons. The van der Waals surface area contributed by atoms with E-state index in [0.29, 0.717) is 6.04 Å². The summed E-state index contributed by atoms with van der Waals surface area (Å²) in [4.78, 5) is 0. The third kappa shape index (κ3) is 2.62. The van der Waals surface area contributed by atoms with E-state index in [1.807, 2.05) is 17.9 Å². The van der Waals surface area contributed by atoms with Crippen molar-refractivity contribution < 1.29 is 0 Å². The van der Waals surface area contributed by atoms with Crippen LogP contribution in [0.25, 0.3) is 0 Å². The molecule has 96 valence electrons. The monoisotopic (exact) mass is 243 g/mol. The molecule has 2 aromatic rings. The SMILES string of the molecule is Cc1ccccc1C(C)NCc1cnn(C)c1C. The average Bonchev–Trinajstić information content (AvgIpc) is 2.68. The minimum Gasteiger partial charge on any atom is -0.306 e. The normalized spacial score (nSPS) is 12.7. The summed E-state index contributed by atoms with van der Waals surface area (Å²) in [5.41, 5.74) is 5.18. The van der Waals surface area contributed by atoms with E-state index in [9.17, 15) is 0 Å². The fourth-order valence-corrected chi connectivity index (χ4v) is 2.16. The zero-order valence-corrected chi connectivity index (χ0v) is 11.6. The number of nitrogens with one attached hydrogen (secondary N) is 1. The highest BCUT2D eigenvalue weighted by atomic mass is 15.3. The van der Waals surface area contributed by atoms with E-state index in [4.69, 9.17) is 0 Å². The number of nitrogens with zero attached hydrogens (tertiary/aromatic N) is 2. The zero-order valence-electron chi connectivity index (χ0n) is 11.6. The van der Waals surface area contributed by atoms with Gasteiger partial charge in [0.2, 0.25) is 0 Å². The van der Waals surface area contributed by atoms with Crippen molar-refractivity contribution in [2.24, 2.45) is 7.05 Å². The van der Waals surface area contributed by atoms with Gasteiger partial charge in [-0.15, -0.1) is 0 Å². The molecule has 1 atom stereocenters. The van der Waals surface area contributed by atoms with Crippen LogP contribution >= 0.6 is 0 Å². The summed E-state index contributed by atoms with van der Waals surface area (Å²) >= 11 is 0. The zero-order chi connectivity index (χ0) is 13.1. The molecule has 0 saturated carbocycles.